The van der Waals surface area contributed by atoms with E-state index in [4.69, 9.17) is 23.2 Å². The smallest absolute Gasteiger partial charge is 0.277 e. The molecule has 2 rings (SSSR count). The molecule has 0 radical (unpaired) electrons. The summed E-state index contributed by atoms with van der Waals surface area (Å²) in [6, 6.07) is 6.31. The quantitative estimate of drug-likeness (QED) is 0.659. The van der Waals surface area contributed by atoms with Crippen LogP contribution >= 0.6 is 23.2 Å². The van der Waals surface area contributed by atoms with E-state index in [0.717, 1.165) is 30.3 Å². The van der Waals surface area contributed by atoms with E-state index in [-0.39, 0.29) is 15.7 Å². The molecule has 0 atom stereocenters. The molecular formula is C12H7Cl2FN2O4S. The number of nitrogens with zero attached hydrogens (tertiary/aromatic N) is 1. The van der Waals surface area contributed by atoms with E-state index in [1.165, 1.54) is 6.07 Å². The Balaban J connectivity index is 2.42. The van der Waals surface area contributed by atoms with Crippen LogP contribution in [0.3, 0.4) is 0 Å². The number of anilines is 1. The average molecular weight is 365 g/mol. The van der Waals surface area contributed by atoms with E-state index >= 15 is 0 Å². The molecule has 0 fully saturated rings. The zero-order valence-electron chi connectivity index (χ0n) is 10.6. The topological polar surface area (TPSA) is 89.3 Å². The molecule has 0 aliphatic carbocycles. The van der Waals surface area contributed by atoms with Gasteiger partial charge in [-0.25, -0.2) is 12.8 Å². The SMILES string of the molecule is O=[N+]([O-])c1cc(S(=O)(=O)Nc2ccc(Cl)cc2F)ccc1Cl. The van der Waals surface area contributed by atoms with Gasteiger partial charge in [0.15, 0.2) is 0 Å². The van der Waals surface area contributed by atoms with Crippen molar-refractivity contribution in [2.24, 2.45) is 0 Å². The zero-order chi connectivity index (χ0) is 16.5. The molecule has 22 heavy (non-hydrogen) atoms. The lowest BCUT2D eigenvalue weighted by molar-refractivity contribution is -0.384. The second-order valence-corrected chi connectivity index (χ2v) is 6.63. The number of nitro benzene ring substituents is 1. The fourth-order valence-corrected chi connectivity index (χ4v) is 3.01. The molecule has 0 saturated carbocycles. The molecule has 116 valence electrons. The molecule has 0 aliphatic rings. The Morgan fingerprint density at radius 2 is 1.82 bits per heavy atom. The van der Waals surface area contributed by atoms with Crippen LogP contribution in [0, 0.1) is 15.9 Å². The Bertz CT molecular complexity index is 858. The summed E-state index contributed by atoms with van der Waals surface area (Å²) >= 11 is 11.2. The van der Waals surface area contributed by atoms with Crippen molar-refractivity contribution in [3.63, 3.8) is 0 Å². The summed E-state index contributed by atoms with van der Waals surface area (Å²) in [5, 5.41) is 10.7. The molecule has 2 aromatic rings. The summed E-state index contributed by atoms with van der Waals surface area (Å²) in [7, 11) is -4.22. The maximum absolute atomic E-state index is 13.6. The summed E-state index contributed by atoms with van der Waals surface area (Å²) < 4.78 is 39.9. The minimum atomic E-state index is -4.22. The molecule has 2 aromatic carbocycles. The number of hydrogen-bond donors (Lipinski definition) is 1. The summed E-state index contributed by atoms with van der Waals surface area (Å²) in [5.41, 5.74) is -0.900. The van der Waals surface area contributed by atoms with Gasteiger partial charge in [0, 0.05) is 11.1 Å². The highest BCUT2D eigenvalue weighted by molar-refractivity contribution is 7.92. The Kier molecular flexibility index (Phi) is 4.55. The van der Waals surface area contributed by atoms with Crippen LogP contribution in [0.4, 0.5) is 15.8 Å². The number of nitro groups is 1. The molecule has 10 heteroatoms. The van der Waals surface area contributed by atoms with Crippen LogP contribution in [-0.2, 0) is 10.0 Å². The van der Waals surface area contributed by atoms with Gasteiger partial charge >= 0.3 is 0 Å². The Labute approximate surface area is 134 Å². The van der Waals surface area contributed by atoms with E-state index in [2.05, 4.69) is 0 Å². The van der Waals surface area contributed by atoms with Crippen LogP contribution in [0.1, 0.15) is 0 Å². The van der Waals surface area contributed by atoms with E-state index in [1.54, 1.807) is 0 Å². The first kappa shape index (κ1) is 16.5. The first-order valence-electron chi connectivity index (χ1n) is 5.62. The predicted molar refractivity (Wildman–Crippen MR) is 80.3 cm³/mol. The van der Waals surface area contributed by atoms with Crippen LogP contribution in [0.15, 0.2) is 41.3 Å². The van der Waals surface area contributed by atoms with Crippen molar-refractivity contribution in [1.82, 2.24) is 0 Å². The van der Waals surface area contributed by atoms with Crippen molar-refractivity contribution in [3.8, 4) is 0 Å². The third-order valence-electron chi connectivity index (χ3n) is 2.60. The highest BCUT2D eigenvalue weighted by Crippen LogP contribution is 2.28. The van der Waals surface area contributed by atoms with Gasteiger partial charge in [0.25, 0.3) is 15.7 Å². The second-order valence-electron chi connectivity index (χ2n) is 4.10. The molecule has 0 aromatic heterocycles. The zero-order valence-corrected chi connectivity index (χ0v) is 12.9. The van der Waals surface area contributed by atoms with Crippen molar-refractivity contribution >= 4 is 44.6 Å². The lowest BCUT2D eigenvalue weighted by Gasteiger charge is -2.09. The molecule has 6 nitrogen and oxygen atoms in total. The first-order chi connectivity index (χ1) is 10.2. The maximum atomic E-state index is 13.6. The number of halogens is 3. The maximum Gasteiger partial charge on any atom is 0.289 e. The molecular weight excluding hydrogens is 358 g/mol. The standard InChI is InChI=1S/C12H7Cl2FN2O4S/c13-7-1-4-11(10(15)5-7)16-22(20,21)8-2-3-9(14)12(6-8)17(18)19/h1-6,16H. The van der Waals surface area contributed by atoms with Gasteiger partial charge in [-0.3, -0.25) is 14.8 Å². The van der Waals surface area contributed by atoms with Crippen LogP contribution in [-0.4, -0.2) is 13.3 Å². The molecule has 0 saturated heterocycles. The van der Waals surface area contributed by atoms with Crippen LogP contribution in [0.5, 0.6) is 0 Å². The third-order valence-corrected chi connectivity index (χ3v) is 4.52. The van der Waals surface area contributed by atoms with Crippen LogP contribution in [0.25, 0.3) is 0 Å². The minimum absolute atomic E-state index is 0.0996. The second kappa shape index (κ2) is 6.07. The molecule has 0 heterocycles. The van der Waals surface area contributed by atoms with Gasteiger partial charge in [0.2, 0.25) is 0 Å². The van der Waals surface area contributed by atoms with Crippen molar-refractivity contribution in [3.05, 3.63) is 62.4 Å². The van der Waals surface area contributed by atoms with Crippen molar-refractivity contribution < 1.29 is 17.7 Å². The lowest BCUT2D eigenvalue weighted by Crippen LogP contribution is -2.14. The van der Waals surface area contributed by atoms with Gasteiger partial charge in [-0.15, -0.1) is 0 Å². The van der Waals surface area contributed by atoms with E-state index in [0.29, 0.717) is 0 Å². The summed E-state index contributed by atoms with van der Waals surface area (Å²) in [4.78, 5) is 9.55. The molecule has 0 spiro atoms. The van der Waals surface area contributed by atoms with Gasteiger partial charge in [0.05, 0.1) is 15.5 Å². The van der Waals surface area contributed by atoms with Crippen molar-refractivity contribution in [2.45, 2.75) is 4.90 Å². The summed E-state index contributed by atoms with van der Waals surface area (Å²) in [6.45, 7) is 0. The third kappa shape index (κ3) is 3.46. The van der Waals surface area contributed by atoms with E-state index < -0.39 is 31.3 Å². The number of hydrogen-bond acceptors (Lipinski definition) is 4. The van der Waals surface area contributed by atoms with Crippen LogP contribution < -0.4 is 4.72 Å². The normalized spacial score (nSPS) is 11.2. The molecule has 0 bridgehead atoms. The fraction of sp³-hybridized carbons (Fsp3) is 0. The average Bonchev–Trinajstić information content (AvgIpc) is 2.42. The summed E-state index contributed by atoms with van der Waals surface area (Å²) in [5.74, 6) is -0.875. The number of sulfonamides is 1. The largest absolute Gasteiger partial charge is 0.289 e. The summed E-state index contributed by atoms with van der Waals surface area (Å²) in [6.07, 6.45) is 0. The van der Waals surface area contributed by atoms with Gasteiger partial charge in [-0.1, -0.05) is 23.2 Å². The van der Waals surface area contributed by atoms with E-state index in [1.807, 2.05) is 4.72 Å². The monoisotopic (exact) mass is 364 g/mol. The Morgan fingerprint density at radius 3 is 2.41 bits per heavy atom. The van der Waals surface area contributed by atoms with E-state index in [9.17, 15) is 22.9 Å². The Morgan fingerprint density at radius 1 is 1.14 bits per heavy atom. The van der Waals surface area contributed by atoms with Gasteiger partial charge in [0.1, 0.15) is 10.8 Å². The number of benzene rings is 2. The van der Waals surface area contributed by atoms with Gasteiger partial charge in [-0.2, -0.15) is 0 Å². The molecule has 0 amide bonds. The van der Waals surface area contributed by atoms with Gasteiger partial charge in [-0.05, 0) is 30.3 Å². The minimum Gasteiger partial charge on any atom is -0.277 e. The first-order valence-corrected chi connectivity index (χ1v) is 7.86. The molecule has 0 unspecified atom stereocenters. The molecule has 1 N–H and O–H groups in total. The van der Waals surface area contributed by atoms with Crippen molar-refractivity contribution in [1.29, 1.82) is 0 Å². The highest BCUT2D eigenvalue weighted by atomic mass is 35.5. The fourth-order valence-electron chi connectivity index (χ4n) is 1.58. The number of nitrogens with one attached hydrogen (secondary N) is 1. The highest BCUT2D eigenvalue weighted by Gasteiger charge is 2.21. The van der Waals surface area contributed by atoms with Gasteiger partial charge < -0.3 is 0 Å². The van der Waals surface area contributed by atoms with Crippen LogP contribution in [0.2, 0.25) is 10.0 Å². The number of rotatable bonds is 4. The Hall–Kier alpha value is -1.90. The lowest BCUT2D eigenvalue weighted by atomic mass is 10.3. The molecule has 0 aliphatic heterocycles. The van der Waals surface area contributed by atoms with Crippen molar-refractivity contribution in [2.75, 3.05) is 4.72 Å². The predicted octanol–water partition coefficient (Wildman–Crippen LogP) is 3.84.